The molecule has 0 saturated carbocycles. The van der Waals surface area contributed by atoms with Crippen molar-refractivity contribution in [3.8, 4) is 0 Å². The fourth-order valence-corrected chi connectivity index (χ4v) is 3.25. The van der Waals surface area contributed by atoms with Crippen LogP contribution in [0.25, 0.3) is 0 Å². The first-order valence-corrected chi connectivity index (χ1v) is 7.09. The minimum Gasteiger partial charge on any atom is -0.298 e. The fraction of sp³-hybridized carbons (Fsp3) is 0.286. The summed E-state index contributed by atoms with van der Waals surface area (Å²) in [4.78, 5) is 17.7. The summed E-state index contributed by atoms with van der Waals surface area (Å²) in [6.45, 7) is 0. The number of fused-ring (bicyclic) bond motifs is 1. The van der Waals surface area contributed by atoms with Crippen molar-refractivity contribution in [2.45, 2.75) is 25.7 Å². The van der Waals surface area contributed by atoms with Gasteiger partial charge in [0.15, 0.2) is 5.13 Å². The second-order valence-electron chi connectivity index (χ2n) is 4.56. The molecule has 1 aliphatic rings. The Labute approximate surface area is 126 Å². The standard InChI is InChI=1S/C14H13FN2OS.ClH/c15-10-5-3-4-9(8-10)13(18)17-14-16-11-6-1-2-7-12(11)19-14;/h3-5,8H,1-2,6-7H2,(H,16,17,18);1H. The number of halogens is 2. The zero-order chi connectivity index (χ0) is 13.2. The highest BCUT2D eigenvalue weighted by atomic mass is 35.5. The van der Waals surface area contributed by atoms with E-state index < -0.39 is 5.82 Å². The van der Waals surface area contributed by atoms with Gasteiger partial charge in [-0.1, -0.05) is 6.07 Å². The molecule has 3 rings (SSSR count). The van der Waals surface area contributed by atoms with Gasteiger partial charge in [-0.05, 0) is 43.9 Å². The lowest BCUT2D eigenvalue weighted by Crippen LogP contribution is -2.11. The van der Waals surface area contributed by atoms with Crippen LogP contribution in [0.5, 0.6) is 0 Å². The van der Waals surface area contributed by atoms with Crippen molar-refractivity contribution in [1.29, 1.82) is 0 Å². The molecule has 0 spiro atoms. The number of amides is 1. The summed E-state index contributed by atoms with van der Waals surface area (Å²) in [6.07, 6.45) is 4.38. The van der Waals surface area contributed by atoms with Gasteiger partial charge in [-0.3, -0.25) is 10.1 Å². The van der Waals surface area contributed by atoms with E-state index in [9.17, 15) is 9.18 Å². The second-order valence-corrected chi connectivity index (χ2v) is 5.64. The average Bonchev–Trinajstić information content (AvgIpc) is 2.80. The number of benzene rings is 1. The molecule has 20 heavy (non-hydrogen) atoms. The van der Waals surface area contributed by atoms with Gasteiger partial charge >= 0.3 is 0 Å². The van der Waals surface area contributed by atoms with Crippen LogP contribution in [-0.2, 0) is 12.8 Å². The van der Waals surface area contributed by atoms with E-state index in [1.165, 1.54) is 40.8 Å². The van der Waals surface area contributed by atoms with Crippen LogP contribution in [0.2, 0.25) is 0 Å². The third-order valence-corrected chi connectivity index (χ3v) is 4.23. The molecule has 1 aromatic carbocycles. The van der Waals surface area contributed by atoms with Crippen LogP contribution in [0.15, 0.2) is 24.3 Å². The van der Waals surface area contributed by atoms with Crippen molar-refractivity contribution in [2.24, 2.45) is 0 Å². The Morgan fingerprint density at radius 2 is 2.10 bits per heavy atom. The molecule has 0 fully saturated rings. The van der Waals surface area contributed by atoms with Crippen molar-refractivity contribution < 1.29 is 9.18 Å². The highest BCUT2D eigenvalue weighted by molar-refractivity contribution is 7.15. The number of hydrogen-bond donors (Lipinski definition) is 1. The summed E-state index contributed by atoms with van der Waals surface area (Å²) in [7, 11) is 0. The lowest BCUT2D eigenvalue weighted by Gasteiger charge is -2.06. The summed E-state index contributed by atoms with van der Waals surface area (Å²) < 4.78 is 13.1. The Morgan fingerprint density at radius 3 is 2.85 bits per heavy atom. The summed E-state index contributed by atoms with van der Waals surface area (Å²) in [6, 6.07) is 5.66. The lowest BCUT2D eigenvalue weighted by atomic mass is 10.0. The lowest BCUT2D eigenvalue weighted by molar-refractivity contribution is 0.102. The Balaban J connectivity index is 0.00000147. The van der Waals surface area contributed by atoms with Gasteiger partial charge < -0.3 is 0 Å². The summed E-state index contributed by atoms with van der Waals surface area (Å²) >= 11 is 1.53. The van der Waals surface area contributed by atoms with Gasteiger partial charge in [0.05, 0.1) is 5.69 Å². The number of carbonyl (C=O) groups excluding carboxylic acids is 1. The molecule has 1 amide bonds. The number of nitrogens with one attached hydrogen (secondary N) is 1. The van der Waals surface area contributed by atoms with Gasteiger partial charge in [0.2, 0.25) is 0 Å². The van der Waals surface area contributed by atoms with Crippen molar-refractivity contribution in [1.82, 2.24) is 4.98 Å². The van der Waals surface area contributed by atoms with Crippen LogP contribution >= 0.6 is 23.7 Å². The van der Waals surface area contributed by atoms with E-state index in [1.54, 1.807) is 6.07 Å². The third kappa shape index (κ3) is 3.16. The second kappa shape index (κ2) is 6.33. The Morgan fingerprint density at radius 1 is 1.30 bits per heavy atom. The number of carbonyl (C=O) groups is 1. The molecule has 2 aromatic rings. The Bertz CT molecular complexity index is 606. The van der Waals surface area contributed by atoms with Crippen LogP contribution in [0.3, 0.4) is 0 Å². The average molecular weight is 313 g/mol. The Kier molecular flexibility index (Phi) is 4.73. The molecular weight excluding hydrogens is 299 g/mol. The molecule has 0 saturated heterocycles. The minimum absolute atomic E-state index is 0. The molecule has 0 bridgehead atoms. The van der Waals surface area contributed by atoms with Gasteiger partial charge in [-0.25, -0.2) is 9.37 Å². The maximum atomic E-state index is 13.1. The van der Waals surface area contributed by atoms with Crippen LogP contribution in [0.1, 0.15) is 33.8 Å². The highest BCUT2D eigenvalue weighted by Crippen LogP contribution is 2.29. The van der Waals surface area contributed by atoms with E-state index in [1.807, 2.05) is 0 Å². The maximum absolute atomic E-state index is 13.1. The highest BCUT2D eigenvalue weighted by Gasteiger charge is 2.16. The topological polar surface area (TPSA) is 42.0 Å². The maximum Gasteiger partial charge on any atom is 0.257 e. The number of aryl methyl sites for hydroxylation is 2. The minimum atomic E-state index is -0.411. The molecule has 1 N–H and O–H groups in total. The predicted molar refractivity (Wildman–Crippen MR) is 80.4 cm³/mol. The van der Waals surface area contributed by atoms with Crippen molar-refractivity contribution in [2.75, 3.05) is 5.32 Å². The molecule has 1 aromatic heterocycles. The molecule has 1 aliphatic carbocycles. The van der Waals surface area contributed by atoms with E-state index in [0.29, 0.717) is 10.7 Å². The number of rotatable bonds is 2. The van der Waals surface area contributed by atoms with Crippen molar-refractivity contribution in [3.05, 3.63) is 46.2 Å². The van der Waals surface area contributed by atoms with Gasteiger partial charge in [0, 0.05) is 10.4 Å². The first-order chi connectivity index (χ1) is 9.22. The fourth-order valence-electron chi connectivity index (χ4n) is 2.20. The molecule has 6 heteroatoms. The van der Waals surface area contributed by atoms with Gasteiger partial charge in [0.1, 0.15) is 5.82 Å². The first kappa shape index (κ1) is 14.9. The number of hydrogen-bond acceptors (Lipinski definition) is 3. The molecular formula is C14H14ClFN2OS. The van der Waals surface area contributed by atoms with Gasteiger partial charge in [0.25, 0.3) is 5.91 Å². The van der Waals surface area contributed by atoms with E-state index >= 15 is 0 Å². The SMILES string of the molecule is Cl.O=C(Nc1nc2c(s1)CCCC2)c1cccc(F)c1. The quantitative estimate of drug-likeness (QED) is 0.915. The normalized spacial score (nSPS) is 13.2. The smallest absolute Gasteiger partial charge is 0.257 e. The molecule has 0 unspecified atom stereocenters. The molecule has 0 aliphatic heterocycles. The molecule has 1 heterocycles. The van der Waals surface area contributed by atoms with Crippen molar-refractivity contribution >= 4 is 34.8 Å². The van der Waals surface area contributed by atoms with E-state index in [4.69, 9.17) is 0 Å². The monoisotopic (exact) mass is 312 g/mol. The number of aromatic nitrogens is 1. The molecule has 106 valence electrons. The number of nitrogens with zero attached hydrogens (tertiary/aromatic N) is 1. The molecule has 0 radical (unpaired) electrons. The summed E-state index contributed by atoms with van der Waals surface area (Å²) in [5, 5.41) is 3.36. The van der Waals surface area contributed by atoms with Crippen LogP contribution in [0.4, 0.5) is 9.52 Å². The summed E-state index contributed by atoms with van der Waals surface area (Å²) in [5.41, 5.74) is 1.42. The van der Waals surface area contributed by atoms with E-state index in [2.05, 4.69) is 10.3 Å². The number of thiazole rings is 1. The largest absolute Gasteiger partial charge is 0.298 e. The Hall–Kier alpha value is -1.46. The summed E-state index contributed by atoms with van der Waals surface area (Å²) in [5.74, 6) is -0.725. The zero-order valence-electron chi connectivity index (χ0n) is 10.7. The van der Waals surface area contributed by atoms with Gasteiger partial charge in [-0.2, -0.15) is 0 Å². The van der Waals surface area contributed by atoms with Crippen LogP contribution in [-0.4, -0.2) is 10.9 Å². The number of anilines is 1. The van der Waals surface area contributed by atoms with E-state index in [-0.39, 0.29) is 18.3 Å². The molecule has 0 atom stereocenters. The first-order valence-electron chi connectivity index (χ1n) is 6.28. The third-order valence-electron chi connectivity index (χ3n) is 3.15. The van der Waals surface area contributed by atoms with Crippen molar-refractivity contribution in [3.63, 3.8) is 0 Å². The van der Waals surface area contributed by atoms with Crippen LogP contribution < -0.4 is 5.32 Å². The van der Waals surface area contributed by atoms with E-state index in [0.717, 1.165) is 25.0 Å². The molecule has 3 nitrogen and oxygen atoms in total. The zero-order valence-corrected chi connectivity index (χ0v) is 12.3. The van der Waals surface area contributed by atoms with Crippen LogP contribution in [0, 0.1) is 5.82 Å². The van der Waals surface area contributed by atoms with Gasteiger partial charge in [-0.15, -0.1) is 23.7 Å². The predicted octanol–water partition coefficient (Wildman–Crippen LogP) is 3.84.